The fourth-order valence-electron chi connectivity index (χ4n) is 1.72. The quantitative estimate of drug-likeness (QED) is 0.810. The molecule has 2 heteroatoms. The van der Waals surface area contributed by atoms with Gasteiger partial charge in [-0.2, -0.15) is 0 Å². The van der Waals surface area contributed by atoms with E-state index in [-0.39, 0.29) is 0 Å². The van der Waals surface area contributed by atoms with Gasteiger partial charge in [0.1, 0.15) is 11.5 Å². The molecule has 0 fully saturated rings. The minimum atomic E-state index is 0.371. The first-order chi connectivity index (χ1) is 7.24. The standard InChI is InChI=1S/C13H14O2/c1-3-9-6-11-7-12(15-2)5-4-10(11)8-13(9)14/h4-8,14H,3H2,1-2H3. The van der Waals surface area contributed by atoms with Gasteiger partial charge in [-0.25, -0.2) is 0 Å². The third-order valence-electron chi connectivity index (χ3n) is 2.63. The number of phenolic OH excluding ortho intramolecular Hbond substituents is 1. The first kappa shape index (κ1) is 9.84. The fraction of sp³-hybridized carbons (Fsp3) is 0.231. The molecular formula is C13H14O2. The molecule has 0 aliphatic rings. The van der Waals surface area contributed by atoms with Gasteiger partial charge in [-0.3, -0.25) is 0 Å². The van der Waals surface area contributed by atoms with Gasteiger partial charge in [0.2, 0.25) is 0 Å². The van der Waals surface area contributed by atoms with Crippen LogP contribution in [0.4, 0.5) is 0 Å². The van der Waals surface area contributed by atoms with Gasteiger partial charge in [0, 0.05) is 0 Å². The lowest BCUT2D eigenvalue weighted by Gasteiger charge is -2.06. The van der Waals surface area contributed by atoms with Crippen molar-refractivity contribution in [3.05, 3.63) is 35.9 Å². The highest BCUT2D eigenvalue weighted by Gasteiger charge is 2.03. The number of fused-ring (bicyclic) bond motifs is 1. The molecule has 1 N–H and O–H groups in total. The number of hydrogen-bond donors (Lipinski definition) is 1. The van der Waals surface area contributed by atoms with E-state index in [0.29, 0.717) is 5.75 Å². The van der Waals surface area contributed by atoms with E-state index in [2.05, 4.69) is 0 Å². The average molecular weight is 202 g/mol. The summed E-state index contributed by atoms with van der Waals surface area (Å²) in [6, 6.07) is 9.63. The van der Waals surface area contributed by atoms with Crippen molar-refractivity contribution in [3.8, 4) is 11.5 Å². The van der Waals surface area contributed by atoms with E-state index in [1.165, 1.54) is 0 Å². The van der Waals surface area contributed by atoms with Crippen LogP contribution in [0.5, 0.6) is 11.5 Å². The van der Waals surface area contributed by atoms with Crippen LogP contribution < -0.4 is 4.74 Å². The highest BCUT2D eigenvalue weighted by Crippen LogP contribution is 2.27. The first-order valence-electron chi connectivity index (χ1n) is 5.04. The summed E-state index contributed by atoms with van der Waals surface area (Å²) in [6.45, 7) is 2.03. The van der Waals surface area contributed by atoms with Gasteiger partial charge in [-0.05, 0) is 47.0 Å². The predicted molar refractivity (Wildman–Crippen MR) is 61.5 cm³/mol. The van der Waals surface area contributed by atoms with E-state index in [4.69, 9.17) is 4.74 Å². The Morgan fingerprint density at radius 3 is 2.60 bits per heavy atom. The molecule has 0 saturated heterocycles. The van der Waals surface area contributed by atoms with Crippen molar-refractivity contribution in [3.63, 3.8) is 0 Å². The molecule has 0 unspecified atom stereocenters. The maximum Gasteiger partial charge on any atom is 0.119 e. The zero-order valence-corrected chi connectivity index (χ0v) is 8.95. The molecule has 0 bridgehead atoms. The summed E-state index contributed by atoms with van der Waals surface area (Å²) in [7, 11) is 1.66. The summed E-state index contributed by atoms with van der Waals surface area (Å²) in [5, 5.41) is 11.8. The second kappa shape index (κ2) is 3.81. The summed E-state index contributed by atoms with van der Waals surface area (Å²) in [6.07, 6.45) is 0.832. The van der Waals surface area contributed by atoms with E-state index in [0.717, 1.165) is 28.5 Å². The molecular weight excluding hydrogens is 188 g/mol. The van der Waals surface area contributed by atoms with Crippen LogP contribution in [0.25, 0.3) is 10.8 Å². The average Bonchev–Trinajstić information content (AvgIpc) is 2.27. The van der Waals surface area contributed by atoms with Gasteiger partial charge in [0.25, 0.3) is 0 Å². The summed E-state index contributed by atoms with van der Waals surface area (Å²) in [5.74, 6) is 1.21. The molecule has 0 heterocycles. The lowest BCUT2D eigenvalue weighted by molar-refractivity contribution is 0.415. The van der Waals surface area contributed by atoms with Crippen LogP contribution in [0, 0.1) is 0 Å². The summed E-state index contributed by atoms with van der Waals surface area (Å²) in [4.78, 5) is 0. The second-order valence-electron chi connectivity index (χ2n) is 3.55. The molecule has 0 amide bonds. The number of aromatic hydroxyl groups is 1. The highest BCUT2D eigenvalue weighted by atomic mass is 16.5. The molecule has 0 spiro atoms. The van der Waals surface area contributed by atoms with Gasteiger partial charge in [-0.15, -0.1) is 0 Å². The summed E-state index contributed by atoms with van der Waals surface area (Å²) < 4.78 is 5.16. The van der Waals surface area contributed by atoms with E-state index in [9.17, 15) is 5.11 Å². The van der Waals surface area contributed by atoms with Crippen LogP contribution in [0.15, 0.2) is 30.3 Å². The minimum Gasteiger partial charge on any atom is -0.508 e. The lowest BCUT2D eigenvalue weighted by Crippen LogP contribution is -1.85. The number of hydrogen-bond acceptors (Lipinski definition) is 2. The minimum absolute atomic E-state index is 0.371. The Balaban J connectivity index is 2.66. The monoisotopic (exact) mass is 202 g/mol. The molecule has 0 aliphatic carbocycles. The molecule has 0 saturated carbocycles. The maximum absolute atomic E-state index is 9.70. The normalized spacial score (nSPS) is 10.5. The molecule has 0 aromatic heterocycles. The third kappa shape index (κ3) is 1.75. The topological polar surface area (TPSA) is 29.5 Å². The van der Waals surface area contributed by atoms with Crippen LogP contribution in [-0.2, 0) is 6.42 Å². The smallest absolute Gasteiger partial charge is 0.119 e. The molecule has 2 aromatic carbocycles. The van der Waals surface area contributed by atoms with E-state index >= 15 is 0 Å². The Morgan fingerprint density at radius 2 is 1.93 bits per heavy atom. The van der Waals surface area contributed by atoms with Crippen LogP contribution in [-0.4, -0.2) is 12.2 Å². The Labute approximate surface area is 89.1 Å². The molecule has 2 rings (SSSR count). The Morgan fingerprint density at radius 1 is 1.13 bits per heavy atom. The number of methoxy groups -OCH3 is 1. The van der Waals surface area contributed by atoms with Gasteiger partial charge >= 0.3 is 0 Å². The molecule has 0 aliphatic heterocycles. The zero-order chi connectivity index (χ0) is 10.8. The van der Waals surface area contributed by atoms with Gasteiger partial charge in [-0.1, -0.05) is 13.0 Å². The Kier molecular flexibility index (Phi) is 2.50. The molecule has 2 aromatic rings. The SMILES string of the molecule is CCc1cc2cc(OC)ccc2cc1O. The van der Waals surface area contributed by atoms with Crippen molar-refractivity contribution >= 4 is 10.8 Å². The van der Waals surface area contributed by atoms with Gasteiger partial charge < -0.3 is 9.84 Å². The molecule has 0 radical (unpaired) electrons. The van der Waals surface area contributed by atoms with Gasteiger partial charge in [0.15, 0.2) is 0 Å². The molecule has 15 heavy (non-hydrogen) atoms. The summed E-state index contributed by atoms with van der Waals surface area (Å²) >= 11 is 0. The predicted octanol–water partition coefficient (Wildman–Crippen LogP) is 3.12. The lowest BCUT2D eigenvalue weighted by atomic mass is 10.0. The molecule has 78 valence electrons. The van der Waals surface area contributed by atoms with E-state index in [1.54, 1.807) is 13.2 Å². The zero-order valence-electron chi connectivity index (χ0n) is 8.95. The first-order valence-corrected chi connectivity index (χ1v) is 5.04. The van der Waals surface area contributed by atoms with Crippen molar-refractivity contribution in [1.82, 2.24) is 0 Å². The number of ether oxygens (including phenoxy) is 1. The van der Waals surface area contributed by atoms with Crippen LogP contribution in [0.2, 0.25) is 0 Å². The second-order valence-corrected chi connectivity index (χ2v) is 3.55. The third-order valence-corrected chi connectivity index (χ3v) is 2.63. The molecule has 2 nitrogen and oxygen atoms in total. The van der Waals surface area contributed by atoms with Crippen molar-refractivity contribution in [2.75, 3.05) is 7.11 Å². The van der Waals surface area contributed by atoms with Crippen molar-refractivity contribution in [1.29, 1.82) is 0 Å². The molecule has 0 atom stereocenters. The summed E-state index contributed by atoms with van der Waals surface area (Å²) in [5.41, 5.74) is 0.968. The van der Waals surface area contributed by atoms with Crippen molar-refractivity contribution in [2.24, 2.45) is 0 Å². The van der Waals surface area contributed by atoms with Crippen LogP contribution in [0.1, 0.15) is 12.5 Å². The highest BCUT2D eigenvalue weighted by molar-refractivity contribution is 5.86. The van der Waals surface area contributed by atoms with Gasteiger partial charge in [0.05, 0.1) is 7.11 Å². The van der Waals surface area contributed by atoms with Crippen LogP contribution in [0.3, 0.4) is 0 Å². The number of benzene rings is 2. The van der Waals surface area contributed by atoms with Crippen molar-refractivity contribution < 1.29 is 9.84 Å². The van der Waals surface area contributed by atoms with Crippen LogP contribution >= 0.6 is 0 Å². The van der Waals surface area contributed by atoms with E-state index in [1.807, 2.05) is 31.2 Å². The fourth-order valence-corrected chi connectivity index (χ4v) is 1.72. The largest absolute Gasteiger partial charge is 0.508 e. The Hall–Kier alpha value is -1.70. The number of rotatable bonds is 2. The van der Waals surface area contributed by atoms with Crippen molar-refractivity contribution in [2.45, 2.75) is 13.3 Å². The van der Waals surface area contributed by atoms with E-state index < -0.39 is 0 Å². The maximum atomic E-state index is 9.70. The Bertz CT molecular complexity index is 489. The number of phenols is 1. The number of aryl methyl sites for hydroxylation is 1.